The van der Waals surface area contributed by atoms with Gasteiger partial charge in [-0.25, -0.2) is 4.79 Å². The zero-order valence-electron chi connectivity index (χ0n) is 10.6. The average Bonchev–Trinajstić information content (AvgIpc) is 2.80. The van der Waals surface area contributed by atoms with E-state index in [1.54, 1.807) is 13.2 Å². The van der Waals surface area contributed by atoms with Crippen molar-refractivity contribution in [2.45, 2.75) is 0 Å². The first-order valence-electron chi connectivity index (χ1n) is 5.56. The summed E-state index contributed by atoms with van der Waals surface area (Å²) in [5, 5.41) is 0. The van der Waals surface area contributed by atoms with Gasteiger partial charge in [0.05, 0.1) is 14.2 Å². The maximum Gasteiger partial charge on any atom is 0.354 e. The van der Waals surface area contributed by atoms with E-state index in [2.05, 4.69) is 0 Å². The molecule has 0 atom stereocenters. The van der Waals surface area contributed by atoms with Crippen molar-refractivity contribution in [1.29, 1.82) is 0 Å². The zero-order valence-corrected chi connectivity index (χ0v) is 10.6. The molecule has 2 aromatic rings. The number of hydrogen-bond donors (Lipinski definition) is 0. The Morgan fingerprint density at radius 1 is 1.06 bits per heavy atom. The number of aromatic nitrogens is 1. The van der Waals surface area contributed by atoms with Crippen LogP contribution in [-0.2, 0) is 11.8 Å². The highest BCUT2D eigenvalue weighted by Gasteiger charge is 2.13. The van der Waals surface area contributed by atoms with Gasteiger partial charge in [0.1, 0.15) is 11.4 Å². The molecule has 0 aliphatic rings. The fourth-order valence-corrected chi connectivity index (χ4v) is 1.87. The zero-order chi connectivity index (χ0) is 13.1. The molecule has 2 rings (SSSR count). The second kappa shape index (κ2) is 4.96. The van der Waals surface area contributed by atoms with E-state index in [0.717, 1.165) is 17.0 Å². The smallest absolute Gasteiger partial charge is 0.354 e. The van der Waals surface area contributed by atoms with E-state index in [-0.39, 0.29) is 5.97 Å². The molecule has 0 unspecified atom stereocenters. The van der Waals surface area contributed by atoms with Crippen LogP contribution in [0.3, 0.4) is 0 Å². The first kappa shape index (κ1) is 12.2. The van der Waals surface area contributed by atoms with Gasteiger partial charge in [0, 0.05) is 12.7 Å². The van der Waals surface area contributed by atoms with Gasteiger partial charge in [0.15, 0.2) is 0 Å². The number of benzene rings is 1. The molecule has 0 spiro atoms. The van der Waals surface area contributed by atoms with Crippen LogP contribution in [0.25, 0.3) is 11.3 Å². The molecule has 0 radical (unpaired) electrons. The molecule has 1 heterocycles. The van der Waals surface area contributed by atoms with Crippen molar-refractivity contribution < 1.29 is 14.3 Å². The molecular formula is C14H15NO3. The third-order valence-corrected chi connectivity index (χ3v) is 2.90. The van der Waals surface area contributed by atoms with E-state index in [1.165, 1.54) is 7.11 Å². The second-order valence-electron chi connectivity index (χ2n) is 3.88. The minimum atomic E-state index is -0.336. The van der Waals surface area contributed by atoms with Crippen LogP contribution >= 0.6 is 0 Å². The summed E-state index contributed by atoms with van der Waals surface area (Å²) in [6.45, 7) is 0. The van der Waals surface area contributed by atoms with Crippen LogP contribution in [-0.4, -0.2) is 24.8 Å². The molecule has 0 bridgehead atoms. The summed E-state index contributed by atoms with van der Waals surface area (Å²) in [4.78, 5) is 11.5. The highest BCUT2D eigenvalue weighted by atomic mass is 16.5. The molecule has 0 fully saturated rings. The predicted octanol–water partition coefficient (Wildman–Crippen LogP) is 2.49. The number of carbonyl (C=O) groups excluding carboxylic acids is 1. The molecule has 0 saturated carbocycles. The van der Waals surface area contributed by atoms with Crippen LogP contribution in [0, 0.1) is 0 Å². The third kappa shape index (κ3) is 2.09. The molecule has 4 heteroatoms. The van der Waals surface area contributed by atoms with Crippen LogP contribution in [0.5, 0.6) is 5.75 Å². The number of ether oxygens (including phenoxy) is 2. The summed E-state index contributed by atoms with van der Waals surface area (Å²) < 4.78 is 11.7. The van der Waals surface area contributed by atoms with Crippen LogP contribution in [0.4, 0.5) is 0 Å². The first-order valence-corrected chi connectivity index (χ1v) is 5.56. The molecule has 4 nitrogen and oxygen atoms in total. The van der Waals surface area contributed by atoms with Crippen LogP contribution in [0.2, 0.25) is 0 Å². The Kier molecular flexibility index (Phi) is 3.37. The van der Waals surface area contributed by atoms with Crippen molar-refractivity contribution in [3.63, 3.8) is 0 Å². The summed E-state index contributed by atoms with van der Waals surface area (Å²) in [5.74, 6) is 0.471. The van der Waals surface area contributed by atoms with Gasteiger partial charge < -0.3 is 14.0 Å². The van der Waals surface area contributed by atoms with Gasteiger partial charge >= 0.3 is 5.97 Å². The largest absolute Gasteiger partial charge is 0.497 e. The van der Waals surface area contributed by atoms with E-state index in [4.69, 9.17) is 9.47 Å². The molecule has 0 aliphatic carbocycles. The van der Waals surface area contributed by atoms with E-state index in [1.807, 2.05) is 41.9 Å². The van der Waals surface area contributed by atoms with Crippen molar-refractivity contribution in [1.82, 2.24) is 4.57 Å². The fourth-order valence-electron chi connectivity index (χ4n) is 1.87. The minimum absolute atomic E-state index is 0.336. The number of nitrogens with zero attached hydrogens (tertiary/aromatic N) is 1. The number of carbonyl (C=O) groups is 1. The number of hydrogen-bond acceptors (Lipinski definition) is 3. The Bertz CT molecular complexity index is 555. The van der Waals surface area contributed by atoms with Crippen LogP contribution in [0.1, 0.15) is 10.5 Å². The summed E-state index contributed by atoms with van der Waals surface area (Å²) in [6, 6.07) is 11.3. The Balaban J connectivity index is 2.39. The Hall–Kier alpha value is -2.23. The lowest BCUT2D eigenvalue weighted by Gasteiger charge is -2.07. The van der Waals surface area contributed by atoms with Gasteiger partial charge in [-0.3, -0.25) is 0 Å². The first-order chi connectivity index (χ1) is 8.67. The van der Waals surface area contributed by atoms with Gasteiger partial charge in [0.2, 0.25) is 0 Å². The van der Waals surface area contributed by atoms with Gasteiger partial charge in [-0.05, 0) is 42.0 Å². The molecule has 1 aromatic heterocycles. The molecule has 0 aliphatic heterocycles. The highest BCUT2D eigenvalue weighted by Crippen LogP contribution is 2.24. The van der Waals surface area contributed by atoms with Crippen molar-refractivity contribution in [2.24, 2.45) is 7.05 Å². The highest BCUT2D eigenvalue weighted by molar-refractivity contribution is 5.89. The number of rotatable bonds is 3. The standard InChI is InChI=1S/C14H15NO3/c1-15-12(8-9-13(15)14(16)18-3)10-4-6-11(17-2)7-5-10/h4-9H,1-3H3. The SMILES string of the molecule is COC(=O)c1ccc(-c2ccc(OC)cc2)n1C. The van der Waals surface area contributed by atoms with Crippen molar-refractivity contribution in [3.05, 3.63) is 42.1 Å². The van der Waals surface area contributed by atoms with E-state index in [0.29, 0.717) is 5.69 Å². The topological polar surface area (TPSA) is 40.5 Å². The monoisotopic (exact) mass is 245 g/mol. The molecule has 94 valence electrons. The number of esters is 1. The van der Waals surface area contributed by atoms with Crippen molar-refractivity contribution >= 4 is 5.97 Å². The quantitative estimate of drug-likeness (QED) is 0.780. The lowest BCUT2D eigenvalue weighted by Crippen LogP contribution is -2.07. The molecule has 18 heavy (non-hydrogen) atoms. The minimum Gasteiger partial charge on any atom is -0.497 e. The molecule has 0 saturated heterocycles. The summed E-state index contributed by atoms with van der Waals surface area (Å²) in [7, 11) is 4.85. The second-order valence-corrected chi connectivity index (χ2v) is 3.88. The van der Waals surface area contributed by atoms with Crippen molar-refractivity contribution in [3.8, 4) is 17.0 Å². The third-order valence-electron chi connectivity index (χ3n) is 2.90. The van der Waals surface area contributed by atoms with Gasteiger partial charge in [-0.2, -0.15) is 0 Å². The van der Waals surface area contributed by atoms with Gasteiger partial charge in [0.25, 0.3) is 0 Å². The van der Waals surface area contributed by atoms with Crippen LogP contribution in [0.15, 0.2) is 36.4 Å². The summed E-state index contributed by atoms with van der Waals surface area (Å²) >= 11 is 0. The number of methoxy groups -OCH3 is 2. The van der Waals surface area contributed by atoms with Gasteiger partial charge in [-0.15, -0.1) is 0 Å². The molecular weight excluding hydrogens is 230 g/mol. The Labute approximate surface area is 106 Å². The van der Waals surface area contributed by atoms with Crippen molar-refractivity contribution in [2.75, 3.05) is 14.2 Å². The normalized spacial score (nSPS) is 10.2. The molecule has 0 amide bonds. The predicted molar refractivity (Wildman–Crippen MR) is 68.7 cm³/mol. The average molecular weight is 245 g/mol. The van der Waals surface area contributed by atoms with Crippen LogP contribution < -0.4 is 4.74 Å². The lowest BCUT2D eigenvalue weighted by atomic mass is 10.1. The Morgan fingerprint density at radius 2 is 1.72 bits per heavy atom. The molecule has 1 aromatic carbocycles. The summed E-state index contributed by atoms with van der Waals surface area (Å²) in [6.07, 6.45) is 0. The van der Waals surface area contributed by atoms with E-state index in [9.17, 15) is 4.79 Å². The Morgan fingerprint density at radius 3 is 2.28 bits per heavy atom. The molecule has 0 N–H and O–H groups in total. The fraction of sp³-hybridized carbons (Fsp3) is 0.214. The van der Waals surface area contributed by atoms with Gasteiger partial charge in [-0.1, -0.05) is 0 Å². The van der Waals surface area contributed by atoms with E-state index < -0.39 is 0 Å². The summed E-state index contributed by atoms with van der Waals surface area (Å²) in [5.41, 5.74) is 2.51. The lowest BCUT2D eigenvalue weighted by molar-refractivity contribution is 0.0590. The maximum atomic E-state index is 11.5. The van der Waals surface area contributed by atoms with E-state index >= 15 is 0 Å². The maximum absolute atomic E-state index is 11.5.